The fraction of sp³-hybridized carbons (Fsp3) is 1.00. The van der Waals surface area contributed by atoms with Crippen LogP contribution >= 0.6 is 0 Å². The number of rotatable bonds is 11. The van der Waals surface area contributed by atoms with Crippen LogP contribution in [-0.4, -0.2) is 48.3 Å². The maximum atomic E-state index is 9.44. The Hall–Kier alpha value is -0.120. The van der Waals surface area contributed by atoms with Gasteiger partial charge in [0.15, 0.2) is 0 Å². The molecule has 0 aromatic carbocycles. The molecule has 0 aliphatic heterocycles. The molecule has 3 heteroatoms. The zero-order valence-corrected chi connectivity index (χ0v) is 12.3. The van der Waals surface area contributed by atoms with E-state index in [4.69, 9.17) is 0 Å². The molecule has 0 aromatic rings. The van der Waals surface area contributed by atoms with E-state index in [-0.39, 0.29) is 12.1 Å². The summed E-state index contributed by atoms with van der Waals surface area (Å²) < 4.78 is 0. The monoisotopic (exact) mass is 244 g/mol. The van der Waals surface area contributed by atoms with Gasteiger partial charge in [-0.25, -0.2) is 0 Å². The highest BCUT2D eigenvalue weighted by Crippen LogP contribution is 2.13. The highest BCUT2D eigenvalue weighted by atomic mass is 16.3. The van der Waals surface area contributed by atoms with Gasteiger partial charge in [-0.15, -0.1) is 0 Å². The number of hydrogen-bond acceptors (Lipinski definition) is 3. The summed E-state index contributed by atoms with van der Waals surface area (Å²) in [6.45, 7) is 13.4. The number of nitrogens with one attached hydrogen (secondary N) is 1. The Labute approximate surface area is 108 Å². The van der Waals surface area contributed by atoms with Gasteiger partial charge in [-0.1, -0.05) is 27.2 Å². The predicted octanol–water partition coefficient (Wildman–Crippen LogP) is 2.25. The maximum absolute atomic E-state index is 9.44. The summed E-state index contributed by atoms with van der Waals surface area (Å²) in [6, 6.07) is 0. The van der Waals surface area contributed by atoms with E-state index in [1.165, 1.54) is 19.4 Å². The summed E-state index contributed by atoms with van der Waals surface area (Å²) in [5, 5.41) is 12.9. The Morgan fingerprint density at radius 1 is 1.12 bits per heavy atom. The van der Waals surface area contributed by atoms with E-state index < -0.39 is 0 Å². The van der Waals surface area contributed by atoms with E-state index >= 15 is 0 Å². The number of nitrogens with zero attached hydrogens (tertiary/aromatic N) is 1. The number of hydrogen-bond donors (Lipinski definition) is 2. The first-order valence-corrected chi connectivity index (χ1v) is 7.20. The third-order valence-corrected chi connectivity index (χ3v) is 3.50. The summed E-state index contributed by atoms with van der Waals surface area (Å²) in [5.41, 5.74) is -0.0841. The molecular formula is C14H32N2O. The normalized spacial score (nSPS) is 15.2. The Kier molecular flexibility index (Phi) is 9.79. The molecule has 1 atom stereocenters. The Morgan fingerprint density at radius 2 is 1.76 bits per heavy atom. The SMILES string of the molecule is CCCNC(C)(CO)CCCCN(CC)CC. The zero-order chi connectivity index (χ0) is 13.1. The van der Waals surface area contributed by atoms with Gasteiger partial charge in [-0.05, 0) is 52.4 Å². The molecule has 0 fully saturated rings. The second-order valence-electron chi connectivity index (χ2n) is 5.13. The van der Waals surface area contributed by atoms with Crippen LogP contribution in [0.25, 0.3) is 0 Å². The summed E-state index contributed by atoms with van der Waals surface area (Å²) in [6.07, 6.45) is 4.59. The van der Waals surface area contributed by atoms with Crippen LogP contribution in [0.3, 0.4) is 0 Å². The van der Waals surface area contributed by atoms with Gasteiger partial charge in [-0.2, -0.15) is 0 Å². The molecule has 0 spiro atoms. The van der Waals surface area contributed by atoms with E-state index in [1.54, 1.807) is 0 Å². The van der Waals surface area contributed by atoms with Gasteiger partial charge in [0.2, 0.25) is 0 Å². The van der Waals surface area contributed by atoms with Crippen molar-refractivity contribution in [2.24, 2.45) is 0 Å². The highest BCUT2D eigenvalue weighted by Gasteiger charge is 2.21. The third kappa shape index (κ3) is 7.74. The molecule has 1 unspecified atom stereocenters. The summed E-state index contributed by atoms with van der Waals surface area (Å²) in [7, 11) is 0. The Bertz CT molecular complexity index is 172. The minimum Gasteiger partial charge on any atom is -0.394 e. The van der Waals surface area contributed by atoms with Crippen LogP contribution in [0.5, 0.6) is 0 Å². The first-order chi connectivity index (χ1) is 8.11. The lowest BCUT2D eigenvalue weighted by atomic mass is 9.95. The van der Waals surface area contributed by atoms with E-state index in [9.17, 15) is 5.11 Å². The topological polar surface area (TPSA) is 35.5 Å². The van der Waals surface area contributed by atoms with Crippen molar-refractivity contribution < 1.29 is 5.11 Å². The van der Waals surface area contributed by atoms with Crippen LogP contribution in [0.4, 0.5) is 0 Å². The number of aliphatic hydroxyl groups is 1. The largest absolute Gasteiger partial charge is 0.394 e. The molecule has 0 saturated heterocycles. The minimum absolute atomic E-state index is 0.0841. The van der Waals surface area contributed by atoms with E-state index in [2.05, 4.69) is 37.9 Å². The average Bonchev–Trinajstić information content (AvgIpc) is 2.36. The van der Waals surface area contributed by atoms with Crippen LogP contribution in [0, 0.1) is 0 Å². The molecule has 0 amide bonds. The zero-order valence-electron chi connectivity index (χ0n) is 12.3. The average molecular weight is 244 g/mol. The first kappa shape index (κ1) is 16.9. The smallest absolute Gasteiger partial charge is 0.0610 e. The van der Waals surface area contributed by atoms with Crippen molar-refractivity contribution in [2.45, 2.75) is 58.9 Å². The molecule has 17 heavy (non-hydrogen) atoms. The quantitative estimate of drug-likeness (QED) is 0.547. The van der Waals surface area contributed by atoms with Gasteiger partial charge in [0.1, 0.15) is 0 Å². The van der Waals surface area contributed by atoms with Crippen LogP contribution in [-0.2, 0) is 0 Å². The van der Waals surface area contributed by atoms with E-state index in [0.717, 1.165) is 32.5 Å². The second-order valence-corrected chi connectivity index (χ2v) is 5.13. The van der Waals surface area contributed by atoms with Crippen molar-refractivity contribution >= 4 is 0 Å². The van der Waals surface area contributed by atoms with Gasteiger partial charge in [-0.3, -0.25) is 0 Å². The fourth-order valence-corrected chi connectivity index (χ4v) is 2.04. The molecule has 0 saturated carbocycles. The molecule has 0 aromatic heterocycles. The summed E-state index contributed by atoms with van der Waals surface area (Å²) in [5.74, 6) is 0. The molecule has 0 aliphatic carbocycles. The van der Waals surface area contributed by atoms with Crippen molar-refractivity contribution in [3.05, 3.63) is 0 Å². The molecule has 0 radical (unpaired) electrons. The minimum atomic E-state index is -0.0841. The maximum Gasteiger partial charge on any atom is 0.0610 e. The van der Waals surface area contributed by atoms with Gasteiger partial charge >= 0.3 is 0 Å². The van der Waals surface area contributed by atoms with Crippen LogP contribution in [0.2, 0.25) is 0 Å². The number of aliphatic hydroxyl groups excluding tert-OH is 1. The van der Waals surface area contributed by atoms with Crippen LogP contribution in [0.15, 0.2) is 0 Å². The Morgan fingerprint density at radius 3 is 2.24 bits per heavy atom. The molecule has 0 rings (SSSR count). The lowest BCUT2D eigenvalue weighted by Gasteiger charge is -2.29. The van der Waals surface area contributed by atoms with Crippen LogP contribution in [0.1, 0.15) is 53.4 Å². The lowest BCUT2D eigenvalue weighted by molar-refractivity contribution is 0.161. The molecule has 0 bridgehead atoms. The van der Waals surface area contributed by atoms with Gasteiger partial charge < -0.3 is 15.3 Å². The number of unbranched alkanes of at least 4 members (excludes halogenated alkanes) is 1. The van der Waals surface area contributed by atoms with Gasteiger partial charge in [0.05, 0.1) is 6.61 Å². The van der Waals surface area contributed by atoms with E-state index in [1.807, 2.05) is 0 Å². The van der Waals surface area contributed by atoms with Crippen molar-refractivity contribution in [1.29, 1.82) is 0 Å². The van der Waals surface area contributed by atoms with Crippen molar-refractivity contribution in [1.82, 2.24) is 10.2 Å². The van der Waals surface area contributed by atoms with E-state index in [0.29, 0.717) is 0 Å². The highest BCUT2D eigenvalue weighted by molar-refractivity contribution is 4.81. The molecule has 3 nitrogen and oxygen atoms in total. The fourth-order valence-electron chi connectivity index (χ4n) is 2.04. The first-order valence-electron chi connectivity index (χ1n) is 7.20. The molecular weight excluding hydrogens is 212 g/mol. The predicted molar refractivity (Wildman–Crippen MR) is 75.4 cm³/mol. The summed E-state index contributed by atoms with van der Waals surface area (Å²) >= 11 is 0. The van der Waals surface area contributed by atoms with Gasteiger partial charge in [0, 0.05) is 5.54 Å². The third-order valence-electron chi connectivity index (χ3n) is 3.50. The molecule has 0 heterocycles. The Balaban J connectivity index is 3.75. The summed E-state index contributed by atoms with van der Waals surface area (Å²) in [4.78, 5) is 2.45. The van der Waals surface area contributed by atoms with Crippen molar-refractivity contribution in [3.8, 4) is 0 Å². The van der Waals surface area contributed by atoms with Crippen molar-refractivity contribution in [3.63, 3.8) is 0 Å². The van der Waals surface area contributed by atoms with Crippen molar-refractivity contribution in [2.75, 3.05) is 32.8 Å². The molecule has 104 valence electrons. The lowest BCUT2D eigenvalue weighted by Crippen LogP contribution is -2.46. The van der Waals surface area contributed by atoms with Gasteiger partial charge in [0.25, 0.3) is 0 Å². The van der Waals surface area contributed by atoms with Crippen LogP contribution < -0.4 is 5.32 Å². The molecule has 0 aliphatic rings. The molecule has 2 N–H and O–H groups in total. The second kappa shape index (κ2) is 9.86. The standard InChI is InChI=1S/C14H32N2O/c1-5-11-15-14(4,13-17)10-8-9-12-16(6-2)7-3/h15,17H,5-13H2,1-4H3.